The van der Waals surface area contributed by atoms with E-state index in [1.54, 1.807) is 12.3 Å². The zero-order valence-corrected chi connectivity index (χ0v) is 9.64. The van der Waals surface area contributed by atoms with Crippen LogP contribution in [-0.2, 0) is 6.54 Å². The van der Waals surface area contributed by atoms with Gasteiger partial charge in [-0.3, -0.25) is 0 Å². The fourth-order valence-corrected chi connectivity index (χ4v) is 1.48. The van der Waals surface area contributed by atoms with Crippen molar-refractivity contribution in [1.29, 1.82) is 0 Å². The maximum absolute atomic E-state index is 5.72. The van der Waals surface area contributed by atoms with E-state index in [0.29, 0.717) is 17.9 Å². The van der Waals surface area contributed by atoms with Crippen LogP contribution in [0.4, 0.5) is 17.1 Å². The maximum Gasteiger partial charge on any atom is 0.125 e. The minimum Gasteiger partial charge on any atom is -0.397 e. The number of benzene rings is 1. The Hall–Kier alpha value is -2.30. The number of aromatic nitrogens is 2. The summed E-state index contributed by atoms with van der Waals surface area (Å²) in [7, 11) is 0. The molecule has 0 aliphatic rings. The smallest absolute Gasteiger partial charge is 0.125 e. The van der Waals surface area contributed by atoms with Gasteiger partial charge < -0.3 is 16.8 Å². The highest BCUT2D eigenvalue weighted by molar-refractivity contribution is 5.69. The van der Waals surface area contributed by atoms with Crippen molar-refractivity contribution in [1.82, 2.24) is 9.97 Å². The van der Waals surface area contributed by atoms with E-state index in [0.717, 1.165) is 17.2 Å². The molecule has 0 radical (unpaired) electrons. The first-order valence-electron chi connectivity index (χ1n) is 5.32. The van der Waals surface area contributed by atoms with Gasteiger partial charge in [0.05, 0.1) is 23.6 Å². The Morgan fingerprint density at radius 2 is 2.00 bits per heavy atom. The predicted octanol–water partition coefficient (Wildman–Crippen LogP) is 1.56. The third kappa shape index (κ3) is 2.84. The fourth-order valence-electron chi connectivity index (χ4n) is 1.48. The summed E-state index contributed by atoms with van der Waals surface area (Å²) in [5.41, 5.74) is 14.4. The molecule has 0 saturated heterocycles. The van der Waals surface area contributed by atoms with Crippen LogP contribution in [0.3, 0.4) is 0 Å². The van der Waals surface area contributed by atoms with Gasteiger partial charge in [0.25, 0.3) is 0 Å². The van der Waals surface area contributed by atoms with Gasteiger partial charge in [-0.05, 0) is 31.2 Å². The van der Waals surface area contributed by atoms with E-state index in [1.807, 2.05) is 25.1 Å². The number of hydrogen-bond acceptors (Lipinski definition) is 5. The molecule has 0 fully saturated rings. The van der Waals surface area contributed by atoms with E-state index < -0.39 is 0 Å². The summed E-state index contributed by atoms with van der Waals surface area (Å²) in [6.07, 6.45) is 1.75. The quantitative estimate of drug-likeness (QED) is 0.695. The van der Waals surface area contributed by atoms with E-state index in [4.69, 9.17) is 11.5 Å². The molecule has 5 heteroatoms. The van der Waals surface area contributed by atoms with Crippen molar-refractivity contribution in [3.05, 3.63) is 42.0 Å². The maximum atomic E-state index is 5.72. The molecule has 1 aromatic heterocycles. The Kier molecular flexibility index (Phi) is 3.09. The fraction of sp³-hybridized carbons (Fsp3) is 0.167. The Balaban J connectivity index is 2.05. The van der Waals surface area contributed by atoms with Gasteiger partial charge in [0, 0.05) is 11.9 Å². The van der Waals surface area contributed by atoms with Crippen molar-refractivity contribution >= 4 is 17.1 Å². The lowest BCUT2D eigenvalue weighted by Crippen LogP contribution is -2.04. The highest BCUT2D eigenvalue weighted by Crippen LogP contribution is 2.19. The Morgan fingerprint density at radius 1 is 1.18 bits per heavy atom. The molecule has 5 nitrogen and oxygen atoms in total. The molecule has 0 bridgehead atoms. The average Bonchev–Trinajstić information content (AvgIpc) is 2.31. The predicted molar refractivity (Wildman–Crippen MR) is 69.4 cm³/mol. The Morgan fingerprint density at radius 3 is 2.71 bits per heavy atom. The third-order valence-corrected chi connectivity index (χ3v) is 2.39. The van der Waals surface area contributed by atoms with Crippen molar-refractivity contribution in [2.24, 2.45) is 0 Å². The largest absolute Gasteiger partial charge is 0.397 e. The highest BCUT2D eigenvalue weighted by Gasteiger charge is 1.99. The van der Waals surface area contributed by atoms with Gasteiger partial charge in [0.2, 0.25) is 0 Å². The second-order valence-electron chi connectivity index (χ2n) is 3.79. The van der Waals surface area contributed by atoms with Crippen LogP contribution in [0.1, 0.15) is 11.5 Å². The molecule has 17 heavy (non-hydrogen) atoms. The number of nitrogens with zero attached hydrogens (tertiary/aromatic N) is 2. The Bertz CT molecular complexity index is 524. The molecule has 88 valence electrons. The molecule has 5 N–H and O–H groups in total. The normalized spacial score (nSPS) is 10.2. The van der Waals surface area contributed by atoms with Crippen LogP contribution < -0.4 is 16.8 Å². The molecule has 0 unspecified atom stereocenters. The van der Waals surface area contributed by atoms with Crippen LogP contribution >= 0.6 is 0 Å². The van der Waals surface area contributed by atoms with Crippen LogP contribution in [0.2, 0.25) is 0 Å². The molecule has 2 aromatic rings. The molecule has 0 saturated carbocycles. The molecule has 1 aromatic carbocycles. The van der Waals surface area contributed by atoms with E-state index >= 15 is 0 Å². The number of rotatable bonds is 3. The van der Waals surface area contributed by atoms with Crippen molar-refractivity contribution in [3.63, 3.8) is 0 Å². The molecular formula is C12H15N5. The van der Waals surface area contributed by atoms with Crippen molar-refractivity contribution in [2.75, 3.05) is 16.8 Å². The standard InChI is InChI=1S/C12H15N5/c1-8-15-5-4-10(17-8)7-16-9-2-3-11(13)12(14)6-9/h2-6,16H,7,13-14H2,1H3. The number of nitrogens with one attached hydrogen (secondary N) is 1. The molecule has 0 atom stereocenters. The molecule has 0 amide bonds. The van der Waals surface area contributed by atoms with Gasteiger partial charge in [-0.1, -0.05) is 0 Å². The molecule has 0 spiro atoms. The number of anilines is 3. The second-order valence-corrected chi connectivity index (χ2v) is 3.79. The third-order valence-electron chi connectivity index (χ3n) is 2.39. The summed E-state index contributed by atoms with van der Waals surface area (Å²) < 4.78 is 0. The molecule has 1 heterocycles. The van der Waals surface area contributed by atoms with Crippen LogP contribution in [0.5, 0.6) is 0 Å². The summed E-state index contributed by atoms with van der Waals surface area (Å²) >= 11 is 0. The summed E-state index contributed by atoms with van der Waals surface area (Å²) in [6.45, 7) is 2.50. The first-order chi connectivity index (χ1) is 8.15. The highest BCUT2D eigenvalue weighted by atomic mass is 14.9. The molecule has 2 rings (SSSR count). The topological polar surface area (TPSA) is 89.8 Å². The van der Waals surface area contributed by atoms with E-state index in [2.05, 4.69) is 15.3 Å². The van der Waals surface area contributed by atoms with Gasteiger partial charge in [-0.15, -0.1) is 0 Å². The van der Waals surface area contributed by atoms with Crippen LogP contribution in [0.15, 0.2) is 30.5 Å². The lowest BCUT2D eigenvalue weighted by atomic mass is 10.2. The summed E-state index contributed by atoms with van der Waals surface area (Å²) in [5.74, 6) is 0.765. The minimum absolute atomic E-state index is 0.578. The first-order valence-corrected chi connectivity index (χ1v) is 5.32. The Labute approximate surface area is 99.9 Å². The SMILES string of the molecule is Cc1nccc(CNc2ccc(N)c(N)c2)n1. The summed E-state index contributed by atoms with van der Waals surface area (Å²) in [6, 6.07) is 7.35. The van der Waals surface area contributed by atoms with Gasteiger partial charge in [0.15, 0.2) is 0 Å². The van der Waals surface area contributed by atoms with Gasteiger partial charge in [0.1, 0.15) is 5.82 Å². The summed E-state index contributed by atoms with van der Waals surface area (Å²) in [5, 5.41) is 3.23. The summed E-state index contributed by atoms with van der Waals surface area (Å²) in [4.78, 5) is 8.34. The van der Waals surface area contributed by atoms with E-state index in [9.17, 15) is 0 Å². The monoisotopic (exact) mass is 229 g/mol. The molecule has 0 aliphatic heterocycles. The van der Waals surface area contributed by atoms with Gasteiger partial charge in [-0.2, -0.15) is 0 Å². The number of aryl methyl sites for hydroxylation is 1. The van der Waals surface area contributed by atoms with Crippen LogP contribution in [0, 0.1) is 6.92 Å². The average molecular weight is 229 g/mol. The second kappa shape index (κ2) is 4.69. The van der Waals surface area contributed by atoms with Crippen molar-refractivity contribution in [2.45, 2.75) is 13.5 Å². The zero-order chi connectivity index (χ0) is 12.3. The number of nitrogens with two attached hydrogens (primary N) is 2. The molecule has 0 aliphatic carbocycles. The van der Waals surface area contributed by atoms with E-state index in [-0.39, 0.29) is 0 Å². The lowest BCUT2D eigenvalue weighted by molar-refractivity contribution is 0.955. The lowest BCUT2D eigenvalue weighted by Gasteiger charge is -2.08. The van der Waals surface area contributed by atoms with Crippen LogP contribution in [-0.4, -0.2) is 9.97 Å². The van der Waals surface area contributed by atoms with Gasteiger partial charge in [-0.25, -0.2) is 9.97 Å². The van der Waals surface area contributed by atoms with Crippen LogP contribution in [0.25, 0.3) is 0 Å². The number of nitrogen functional groups attached to an aromatic ring is 2. The van der Waals surface area contributed by atoms with Crippen molar-refractivity contribution < 1.29 is 0 Å². The van der Waals surface area contributed by atoms with Crippen molar-refractivity contribution in [3.8, 4) is 0 Å². The van der Waals surface area contributed by atoms with E-state index in [1.165, 1.54) is 0 Å². The first kappa shape index (κ1) is 11.2. The molecular weight excluding hydrogens is 214 g/mol. The minimum atomic E-state index is 0.578. The zero-order valence-electron chi connectivity index (χ0n) is 9.64. The van der Waals surface area contributed by atoms with Gasteiger partial charge >= 0.3 is 0 Å². The number of hydrogen-bond donors (Lipinski definition) is 3.